The summed E-state index contributed by atoms with van der Waals surface area (Å²) in [5, 5.41) is 9.06. The second-order valence-corrected chi connectivity index (χ2v) is 5.21. The van der Waals surface area contributed by atoms with Crippen LogP contribution in [0, 0.1) is 0 Å². The number of hydrogen-bond donors (Lipinski definition) is 1. The number of ether oxygens (including phenoxy) is 1. The molecule has 0 saturated carbocycles. The van der Waals surface area contributed by atoms with E-state index in [4.69, 9.17) is 9.84 Å². The molecule has 0 aliphatic carbocycles. The standard InChI is InChI=1S/C15H21FO3/c1-9(2)12-5-11(19-8-16)6-13(10(3)4)14(12)7-15(17)18/h5-6,9-10H,7-8H2,1-4H3,(H,17,18). The number of aliphatic carboxylic acids is 1. The Hall–Kier alpha value is -1.58. The zero-order valence-electron chi connectivity index (χ0n) is 11.9. The molecule has 1 rings (SSSR count). The Morgan fingerprint density at radius 2 is 1.68 bits per heavy atom. The maximum atomic E-state index is 12.3. The van der Waals surface area contributed by atoms with Gasteiger partial charge in [0.15, 0.2) is 0 Å². The van der Waals surface area contributed by atoms with E-state index in [1.54, 1.807) is 12.1 Å². The van der Waals surface area contributed by atoms with E-state index in [-0.39, 0.29) is 18.3 Å². The number of carbonyl (C=O) groups is 1. The van der Waals surface area contributed by atoms with E-state index in [0.717, 1.165) is 16.7 Å². The molecule has 0 amide bonds. The molecule has 0 saturated heterocycles. The fraction of sp³-hybridized carbons (Fsp3) is 0.533. The van der Waals surface area contributed by atoms with Gasteiger partial charge in [0.2, 0.25) is 6.86 Å². The average Bonchev–Trinajstić information content (AvgIpc) is 2.29. The molecule has 19 heavy (non-hydrogen) atoms. The summed E-state index contributed by atoms with van der Waals surface area (Å²) >= 11 is 0. The summed E-state index contributed by atoms with van der Waals surface area (Å²) in [5.41, 5.74) is 2.65. The first-order chi connectivity index (χ1) is 8.86. The Morgan fingerprint density at radius 1 is 1.21 bits per heavy atom. The number of halogens is 1. The third-order valence-electron chi connectivity index (χ3n) is 3.09. The molecule has 0 bridgehead atoms. The van der Waals surface area contributed by atoms with Gasteiger partial charge in [-0.05, 0) is 40.7 Å². The monoisotopic (exact) mass is 268 g/mol. The van der Waals surface area contributed by atoms with Gasteiger partial charge in [0.25, 0.3) is 0 Å². The highest BCUT2D eigenvalue weighted by Gasteiger charge is 2.18. The molecule has 3 nitrogen and oxygen atoms in total. The summed E-state index contributed by atoms with van der Waals surface area (Å²) in [5.74, 6) is -0.0722. The third-order valence-corrected chi connectivity index (χ3v) is 3.09. The number of carboxylic acid groups (broad SMARTS) is 1. The molecule has 0 atom stereocenters. The van der Waals surface area contributed by atoms with Crippen LogP contribution in [0.1, 0.15) is 56.2 Å². The van der Waals surface area contributed by atoms with Gasteiger partial charge < -0.3 is 9.84 Å². The highest BCUT2D eigenvalue weighted by Crippen LogP contribution is 2.32. The van der Waals surface area contributed by atoms with Crippen LogP contribution in [0.4, 0.5) is 4.39 Å². The molecule has 0 fully saturated rings. The normalized spacial score (nSPS) is 11.1. The van der Waals surface area contributed by atoms with Crippen molar-refractivity contribution in [2.75, 3.05) is 6.86 Å². The lowest BCUT2D eigenvalue weighted by atomic mass is 9.87. The molecule has 0 heterocycles. The quantitative estimate of drug-likeness (QED) is 0.852. The molecule has 0 unspecified atom stereocenters. The number of benzene rings is 1. The van der Waals surface area contributed by atoms with Crippen LogP contribution < -0.4 is 4.74 Å². The lowest BCUT2D eigenvalue weighted by Gasteiger charge is -2.20. The van der Waals surface area contributed by atoms with Crippen molar-refractivity contribution in [3.05, 3.63) is 28.8 Å². The van der Waals surface area contributed by atoms with E-state index >= 15 is 0 Å². The van der Waals surface area contributed by atoms with Gasteiger partial charge in [0, 0.05) is 0 Å². The highest BCUT2D eigenvalue weighted by atomic mass is 19.1. The van der Waals surface area contributed by atoms with Crippen LogP contribution in [0.25, 0.3) is 0 Å². The maximum absolute atomic E-state index is 12.3. The second-order valence-electron chi connectivity index (χ2n) is 5.21. The largest absolute Gasteiger partial charge is 0.481 e. The van der Waals surface area contributed by atoms with Crippen molar-refractivity contribution in [1.29, 1.82) is 0 Å². The van der Waals surface area contributed by atoms with Crippen molar-refractivity contribution in [3.63, 3.8) is 0 Å². The summed E-state index contributed by atoms with van der Waals surface area (Å²) in [7, 11) is 0. The van der Waals surface area contributed by atoms with Crippen molar-refractivity contribution >= 4 is 5.97 Å². The molecule has 1 N–H and O–H groups in total. The Labute approximate surface area is 113 Å². The van der Waals surface area contributed by atoms with E-state index < -0.39 is 12.8 Å². The van der Waals surface area contributed by atoms with Gasteiger partial charge in [0.05, 0.1) is 6.42 Å². The lowest BCUT2D eigenvalue weighted by Crippen LogP contribution is -2.10. The Kier molecular flexibility index (Phi) is 5.33. The van der Waals surface area contributed by atoms with Gasteiger partial charge in [-0.3, -0.25) is 4.79 Å². The van der Waals surface area contributed by atoms with Crippen LogP contribution in [0.3, 0.4) is 0 Å². The topological polar surface area (TPSA) is 46.5 Å². The van der Waals surface area contributed by atoms with E-state index in [9.17, 15) is 9.18 Å². The molecule has 0 radical (unpaired) electrons. The number of hydrogen-bond acceptors (Lipinski definition) is 2. The molecule has 0 aliphatic heterocycles. The van der Waals surface area contributed by atoms with E-state index in [1.807, 2.05) is 27.7 Å². The number of alkyl halides is 1. The van der Waals surface area contributed by atoms with Crippen LogP contribution in [0.15, 0.2) is 12.1 Å². The predicted octanol–water partition coefficient (Wildman–Crippen LogP) is 3.87. The molecule has 0 aliphatic rings. The first-order valence-corrected chi connectivity index (χ1v) is 6.44. The number of rotatable bonds is 6. The van der Waals surface area contributed by atoms with E-state index in [1.165, 1.54) is 0 Å². The summed E-state index contributed by atoms with van der Waals surface area (Å²) in [4.78, 5) is 11.0. The first-order valence-electron chi connectivity index (χ1n) is 6.44. The van der Waals surface area contributed by atoms with Crippen LogP contribution in [0.5, 0.6) is 5.75 Å². The Balaban J connectivity index is 3.41. The minimum Gasteiger partial charge on any atom is -0.481 e. The summed E-state index contributed by atoms with van der Waals surface area (Å²) in [6.45, 7) is 7.08. The van der Waals surface area contributed by atoms with Gasteiger partial charge in [-0.1, -0.05) is 27.7 Å². The minimum absolute atomic E-state index is 0.0169. The van der Waals surface area contributed by atoms with Crippen LogP contribution in [-0.4, -0.2) is 17.9 Å². The molecular formula is C15H21FO3. The summed E-state index contributed by atoms with van der Waals surface area (Å²) in [6.07, 6.45) is -0.0169. The van der Waals surface area contributed by atoms with Gasteiger partial charge >= 0.3 is 5.97 Å². The SMILES string of the molecule is CC(C)c1cc(OCF)cc(C(C)C)c1CC(=O)O. The van der Waals surface area contributed by atoms with Crippen molar-refractivity contribution in [3.8, 4) is 5.75 Å². The van der Waals surface area contributed by atoms with Gasteiger partial charge in [0.1, 0.15) is 5.75 Å². The molecule has 106 valence electrons. The van der Waals surface area contributed by atoms with Crippen LogP contribution in [-0.2, 0) is 11.2 Å². The first kappa shape index (κ1) is 15.5. The van der Waals surface area contributed by atoms with E-state index in [0.29, 0.717) is 5.75 Å². The van der Waals surface area contributed by atoms with Crippen molar-refractivity contribution in [1.82, 2.24) is 0 Å². The maximum Gasteiger partial charge on any atom is 0.307 e. The fourth-order valence-electron chi connectivity index (χ4n) is 2.22. The van der Waals surface area contributed by atoms with Gasteiger partial charge in [-0.2, -0.15) is 0 Å². The van der Waals surface area contributed by atoms with Gasteiger partial charge in [-0.25, -0.2) is 4.39 Å². The minimum atomic E-state index is -0.882. The number of carboxylic acids is 1. The van der Waals surface area contributed by atoms with Crippen LogP contribution in [0.2, 0.25) is 0 Å². The molecule has 0 spiro atoms. The molecule has 4 heteroatoms. The smallest absolute Gasteiger partial charge is 0.307 e. The molecule has 0 aromatic heterocycles. The molecule has 1 aromatic rings. The summed E-state index contributed by atoms with van der Waals surface area (Å²) < 4.78 is 17.3. The molecular weight excluding hydrogens is 247 g/mol. The summed E-state index contributed by atoms with van der Waals surface area (Å²) in [6, 6.07) is 3.49. The van der Waals surface area contributed by atoms with Crippen molar-refractivity contribution < 1.29 is 19.0 Å². The lowest BCUT2D eigenvalue weighted by molar-refractivity contribution is -0.136. The predicted molar refractivity (Wildman–Crippen MR) is 72.6 cm³/mol. The van der Waals surface area contributed by atoms with Crippen LogP contribution >= 0.6 is 0 Å². The fourth-order valence-corrected chi connectivity index (χ4v) is 2.22. The highest BCUT2D eigenvalue weighted by molar-refractivity contribution is 5.72. The Morgan fingerprint density at radius 3 is 2.00 bits per heavy atom. The average molecular weight is 268 g/mol. The third kappa shape index (κ3) is 3.94. The van der Waals surface area contributed by atoms with Crippen molar-refractivity contribution in [2.24, 2.45) is 0 Å². The second kappa shape index (κ2) is 6.55. The van der Waals surface area contributed by atoms with E-state index in [2.05, 4.69) is 0 Å². The molecule has 1 aromatic carbocycles. The Bertz CT molecular complexity index is 424. The zero-order valence-corrected chi connectivity index (χ0v) is 11.9. The zero-order chi connectivity index (χ0) is 14.6. The van der Waals surface area contributed by atoms with Gasteiger partial charge in [-0.15, -0.1) is 0 Å². The van der Waals surface area contributed by atoms with Crippen molar-refractivity contribution in [2.45, 2.75) is 46.0 Å².